The van der Waals surface area contributed by atoms with Crippen molar-refractivity contribution < 1.29 is 19.5 Å². The van der Waals surface area contributed by atoms with Gasteiger partial charge in [0.05, 0.1) is 12.6 Å². The zero-order valence-corrected chi connectivity index (χ0v) is 20.9. The molecule has 0 aliphatic heterocycles. The molecule has 2 amide bonds. The second-order valence-corrected chi connectivity index (χ2v) is 9.10. The Kier molecular flexibility index (Phi) is 14.7. The predicted molar refractivity (Wildman–Crippen MR) is 130 cm³/mol. The fourth-order valence-electron chi connectivity index (χ4n) is 3.18. The van der Waals surface area contributed by atoms with Gasteiger partial charge in [0.1, 0.15) is 0 Å². The number of carboxylic acid groups (broad SMARTS) is 1. The van der Waals surface area contributed by atoms with Gasteiger partial charge >= 0.3 is 5.97 Å². The largest absolute Gasteiger partial charge is 0.478 e. The Bertz CT molecular complexity index is 713. The second kappa shape index (κ2) is 16.1. The molecule has 1 aliphatic carbocycles. The molecule has 2 rings (SSSR count). The molecule has 32 heavy (non-hydrogen) atoms. The number of hydrogen-bond donors (Lipinski definition) is 2. The average molecular weight is 447 g/mol. The van der Waals surface area contributed by atoms with Gasteiger partial charge in [-0.1, -0.05) is 65.0 Å². The van der Waals surface area contributed by atoms with Crippen molar-refractivity contribution in [2.24, 2.45) is 11.8 Å². The van der Waals surface area contributed by atoms with E-state index < -0.39 is 5.97 Å². The van der Waals surface area contributed by atoms with Crippen molar-refractivity contribution in [1.29, 1.82) is 0 Å². The normalized spacial score (nSPS) is 13.6. The molecule has 0 bridgehead atoms. The molecular formula is C26H42N2O4. The molecule has 0 spiro atoms. The molecule has 1 aromatic carbocycles. The standard InChI is InChI=1S/C12H20N2O4.C10H12.C4H10/c1-8(2)10(5-9(3)12(17)18)14(4)11(16)6-13-7-15;1-2-6-10-8-4-3-7-9(10)5-1;1-4(2)3/h5,7-8,10H,6H2,1-4H3,(H,13,15)(H,17,18);1-2,5-6H,3-4,7-8H2;4H,1-3H3/b9-5+;;/t10-;;/m1../s1. The van der Waals surface area contributed by atoms with Crippen LogP contribution in [-0.2, 0) is 27.2 Å². The molecule has 2 N–H and O–H groups in total. The first-order valence-electron chi connectivity index (χ1n) is 11.4. The van der Waals surface area contributed by atoms with Crippen LogP contribution in [0.3, 0.4) is 0 Å². The van der Waals surface area contributed by atoms with Crippen molar-refractivity contribution in [3.63, 3.8) is 0 Å². The van der Waals surface area contributed by atoms with Gasteiger partial charge in [-0.05, 0) is 55.6 Å². The van der Waals surface area contributed by atoms with Gasteiger partial charge in [-0.25, -0.2) is 4.79 Å². The SMILES string of the molecule is C/C(=C\[C@H](C(C)C)N(C)C(=O)CNC=O)C(=O)O.CC(C)C.c1ccc2c(c1)CCCC2. The Balaban J connectivity index is 0.000000565. The highest BCUT2D eigenvalue weighted by atomic mass is 16.4. The molecule has 0 radical (unpaired) electrons. The summed E-state index contributed by atoms with van der Waals surface area (Å²) in [6, 6.07) is 8.49. The van der Waals surface area contributed by atoms with Crippen molar-refractivity contribution in [2.45, 2.75) is 73.3 Å². The quantitative estimate of drug-likeness (QED) is 0.478. The molecule has 1 aromatic rings. The molecule has 1 aliphatic rings. The molecule has 0 unspecified atom stereocenters. The number of carboxylic acids is 1. The molecule has 6 nitrogen and oxygen atoms in total. The Hall–Kier alpha value is -2.63. The van der Waals surface area contributed by atoms with Crippen LogP contribution in [0.1, 0.15) is 65.5 Å². The maximum Gasteiger partial charge on any atom is 0.331 e. The first-order valence-corrected chi connectivity index (χ1v) is 11.4. The van der Waals surface area contributed by atoms with Gasteiger partial charge in [0.25, 0.3) is 0 Å². The zero-order chi connectivity index (χ0) is 24.7. The van der Waals surface area contributed by atoms with Crippen molar-refractivity contribution in [1.82, 2.24) is 10.2 Å². The van der Waals surface area contributed by atoms with E-state index in [-0.39, 0.29) is 30.0 Å². The lowest BCUT2D eigenvalue weighted by atomic mass is 9.92. The highest BCUT2D eigenvalue weighted by molar-refractivity contribution is 5.86. The minimum atomic E-state index is -1.01. The third-order valence-corrected chi connectivity index (χ3v) is 4.88. The van der Waals surface area contributed by atoms with E-state index in [2.05, 4.69) is 50.4 Å². The molecular weight excluding hydrogens is 404 g/mol. The number of carbonyl (C=O) groups is 3. The van der Waals surface area contributed by atoms with Gasteiger partial charge in [-0.15, -0.1) is 0 Å². The smallest absolute Gasteiger partial charge is 0.331 e. The van der Waals surface area contributed by atoms with Crippen LogP contribution in [0.25, 0.3) is 0 Å². The number of nitrogens with one attached hydrogen (secondary N) is 1. The lowest BCUT2D eigenvalue weighted by Crippen LogP contribution is -2.43. The van der Waals surface area contributed by atoms with Gasteiger partial charge in [0.15, 0.2) is 0 Å². The van der Waals surface area contributed by atoms with Crippen molar-refractivity contribution in [2.75, 3.05) is 13.6 Å². The molecule has 180 valence electrons. The Morgan fingerprint density at radius 1 is 1.06 bits per heavy atom. The maximum atomic E-state index is 11.7. The van der Waals surface area contributed by atoms with Crippen LogP contribution in [0.2, 0.25) is 0 Å². The molecule has 0 saturated heterocycles. The van der Waals surface area contributed by atoms with Gasteiger partial charge in [-0.3, -0.25) is 9.59 Å². The summed E-state index contributed by atoms with van der Waals surface area (Å²) in [7, 11) is 1.59. The van der Waals surface area contributed by atoms with Gasteiger partial charge in [-0.2, -0.15) is 0 Å². The summed E-state index contributed by atoms with van der Waals surface area (Å²) in [6.45, 7) is 11.7. The van der Waals surface area contributed by atoms with Gasteiger partial charge in [0, 0.05) is 12.6 Å². The van der Waals surface area contributed by atoms with Crippen molar-refractivity contribution >= 4 is 18.3 Å². The number of rotatable bonds is 7. The van der Waals surface area contributed by atoms with E-state index in [4.69, 9.17) is 5.11 Å². The molecule has 0 fully saturated rings. The Morgan fingerprint density at radius 3 is 1.91 bits per heavy atom. The summed E-state index contributed by atoms with van der Waals surface area (Å²) in [4.78, 5) is 34.1. The van der Waals surface area contributed by atoms with Crippen LogP contribution in [-0.4, -0.2) is 47.9 Å². The van der Waals surface area contributed by atoms with Crippen LogP contribution < -0.4 is 5.32 Å². The monoisotopic (exact) mass is 446 g/mol. The van der Waals surface area contributed by atoms with Crippen molar-refractivity contribution in [3.8, 4) is 0 Å². The number of aliphatic carboxylic acids is 1. The highest BCUT2D eigenvalue weighted by Gasteiger charge is 2.21. The summed E-state index contributed by atoms with van der Waals surface area (Å²) in [6.07, 6.45) is 7.38. The van der Waals surface area contributed by atoms with E-state index in [1.807, 2.05) is 13.8 Å². The topological polar surface area (TPSA) is 86.7 Å². The van der Waals surface area contributed by atoms with Crippen LogP contribution in [0.4, 0.5) is 0 Å². The van der Waals surface area contributed by atoms with E-state index in [0.29, 0.717) is 6.41 Å². The first-order chi connectivity index (χ1) is 15.0. The molecule has 0 heterocycles. The highest BCUT2D eigenvalue weighted by Crippen LogP contribution is 2.19. The van der Waals surface area contributed by atoms with E-state index in [1.54, 1.807) is 24.3 Å². The number of hydrogen-bond acceptors (Lipinski definition) is 3. The van der Waals surface area contributed by atoms with Crippen LogP contribution in [0, 0.1) is 11.8 Å². The summed E-state index contributed by atoms with van der Waals surface area (Å²) < 4.78 is 0. The Morgan fingerprint density at radius 2 is 1.53 bits per heavy atom. The molecule has 1 atom stereocenters. The molecule has 0 aromatic heterocycles. The fraction of sp³-hybridized carbons (Fsp3) is 0.577. The lowest BCUT2D eigenvalue weighted by molar-refractivity contribution is -0.133. The third kappa shape index (κ3) is 12.3. The predicted octanol–water partition coefficient (Wildman–Crippen LogP) is 4.47. The van der Waals surface area contributed by atoms with E-state index in [0.717, 1.165) is 5.92 Å². The number of likely N-dealkylation sites (N-methyl/N-ethyl adjacent to an activating group) is 1. The second-order valence-electron chi connectivity index (χ2n) is 9.10. The van der Waals surface area contributed by atoms with E-state index in [1.165, 1.54) is 37.5 Å². The third-order valence-electron chi connectivity index (χ3n) is 4.88. The number of aryl methyl sites for hydroxylation is 2. The van der Waals surface area contributed by atoms with E-state index in [9.17, 15) is 14.4 Å². The summed E-state index contributed by atoms with van der Waals surface area (Å²) in [5.41, 5.74) is 3.35. The summed E-state index contributed by atoms with van der Waals surface area (Å²) in [5, 5.41) is 11.1. The number of carbonyl (C=O) groups excluding carboxylic acids is 2. The summed E-state index contributed by atoms with van der Waals surface area (Å²) >= 11 is 0. The van der Waals surface area contributed by atoms with Gasteiger partial charge < -0.3 is 15.3 Å². The van der Waals surface area contributed by atoms with E-state index >= 15 is 0 Å². The van der Waals surface area contributed by atoms with Crippen molar-refractivity contribution in [3.05, 3.63) is 47.0 Å². The number of amides is 2. The average Bonchev–Trinajstić information content (AvgIpc) is 2.75. The van der Waals surface area contributed by atoms with Crippen LogP contribution >= 0.6 is 0 Å². The number of fused-ring (bicyclic) bond motifs is 1. The van der Waals surface area contributed by atoms with Gasteiger partial charge in [0.2, 0.25) is 12.3 Å². The molecule has 6 heteroatoms. The first kappa shape index (κ1) is 29.4. The maximum absolute atomic E-state index is 11.7. The molecule has 0 saturated carbocycles. The number of benzene rings is 1. The fourth-order valence-corrected chi connectivity index (χ4v) is 3.18. The Labute approximate surface area is 194 Å². The minimum absolute atomic E-state index is 0.0736. The number of nitrogens with zero attached hydrogens (tertiary/aromatic N) is 1. The zero-order valence-electron chi connectivity index (χ0n) is 20.9. The van der Waals surface area contributed by atoms with Crippen LogP contribution in [0.5, 0.6) is 0 Å². The minimum Gasteiger partial charge on any atom is -0.478 e. The summed E-state index contributed by atoms with van der Waals surface area (Å²) in [5.74, 6) is -0.368. The van der Waals surface area contributed by atoms with Crippen LogP contribution in [0.15, 0.2) is 35.9 Å². The lowest BCUT2D eigenvalue weighted by Gasteiger charge is -2.29.